The lowest BCUT2D eigenvalue weighted by Gasteiger charge is -2.47. The van der Waals surface area contributed by atoms with E-state index >= 15 is 0 Å². The molecule has 2 atom stereocenters. The van der Waals surface area contributed by atoms with Crippen molar-refractivity contribution in [3.63, 3.8) is 0 Å². The number of benzene rings is 1. The molecule has 166 valence electrons. The average molecular weight is 524 g/mol. The van der Waals surface area contributed by atoms with Gasteiger partial charge in [-0.05, 0) is 63.6 Å². The van der Waals surface area contributed by atoms with Gasteiger partial charge in [-0.1, -0.05) is 31.5 Å². The van der Waals surface area contributed by atoms with Gasteiger partial charge in [0.2, 0.25) is 0 Å². The predicted molar refractivity (Wildman–Crippen MR) is 138 cm³/mol. The highest BCUT2D eigenvalue weighted by molar-refractivity contribution is 14.0. The van der Waals surface area contributed by atoms with E-state index in [1.807, 2.05) is 0 Å². The maximum Gasteiger partial charge on any atom is 0.191 e. The number of H-pyrrole nitrogens is 1. The number of aromatic amines is 1. The number of hydrogen-bond acceptors (Lipinski definition) is 2. The monoisotopic (exact) mass is 523 g/mol. The van der Waals surface area contributed by atoms with E-state index in [0.29, 0.717) is 6.04 Å². The van der Waals surface area contributed by atoms with E-state index in [9.17, 15) is 0 Å². The normalized spacial score (nSPS) is 24.5. The fourth-order valence-corrected chi connectivity index (χ4v) is 5.31. The molecule has 3 heterocycles. The van der Waals surface area contributed by atoms with Gasteiger partial charge in [-0.15, -0.1) is 24.0 Å². The summed E-state index contributed by atoms with van der Waals surface area (Å²) in [6, 6.07) is 8.63. The smallest absolute Gasteiger partial charge is 0.191 e. The first-order valence-corrected chi connectivity index (χ1v) is 11.5. The number of halogens is 1. The summed E-state index contributed by atoms with van der Waals surface area (Å²) in [5, 5.41) is 8.55. The molecule has 2 saturated heterocycles. The standard InChI is InChI=1S/C24H37N5.HI/c1-4-17-8-6-11-22-18(16-27-23(17)22)12-13-26-24(25-5-2)28-19-14-20-9-7-10-21(15-19)29(20)3;/h6,8,11,16,19-21,27H,4-5,7,9-10,12-15H2,1-3H3,(H2,25,26,28);1H. The van der Waals surface area contributed by atoms with Crippen molar-refractivity contribution in [2.24, 2.45) is 4.99 Å². The number of para-hydroxylation sites is 1. The lowest BCUT2D eigenvalue weighted by Crippen LogP contribution is -2.56. The molecule has 3 N–H and O–H groups in total. The van der Waals surface area contributed by atoms with Crippen molar-refractivity contribution in [3.8, 4) is 0 Å². The molecule has 2 bridgehead atoms. The van der Waals surface area contributed by atoms with Crippen LogP contribution in [0.4, 0.5) is 0 Å². The van der Waals surface area contributed by atoms with E-state index < -0.39 is 0 Å². The largest absolute Gasteiger partial charge is 0.361 e. The Labute approximate surface area is 198 Å². The SMILES string of the molecule is CCNC(=NCCc1c[nH]c2c(CC)cccc12)NC1CC2CCCC(C1)N2C.I. The molecule has 2 aliphatic rings. The molecule has 0 aliphatic carbocycles. The third kappa shape index (κ3) is 5.13. The van der Waals surface area contributed by atoms with Crippen molar-refractivity contribution in [1.29, 1.82) is 0 Å². The van der Waals surface area contributed by atoms with Gasteiger partial charge < -0.3 is 20.5 Å². The number of nitrogens with one attached hydrogen (secondary N) is 3. The zero-order valence-corrected chi connectivity index (χ0v) is 21.0. The van der Waals surface area contributed by atoms with E-state index in [2.05, 4.69) is 65.8 Å². The van der Waals surface area contributed by atoms with E-state index in [-0.39, 0.29) is 24.0 Å². The molecule has 4 rings (SSSR count). The van der Waals surface area contributed by atoms with Crippen LogP contribution < -0.4 is 10.6 Å². The van der Waals surface area contributed by atoms with Crippen LogP contribution in [-0.4, -0.2) is 54.1 Å². The summed E-state index contributed by atoms with van der Waals surface area (Å²) in [7, 11) is 2.31. The first-order chi connectivity index (χ1) is 14.2. The minimum Gasteiger partial charge on any atom is -0.361 e. The van der Waals surface area contributed by atoms with E-state index in [1.165, 1.54) is 54.1 Å². The Kier molecular flexibility index (Phi) is 8.45. The van der Waals surface area contributed by atoms with Gasteiger partial charge in [-0.3, -0.25) is 4.99 Å². The Hall–Kier alpha value is -1.28. The van der Waals surface area contributed by atoms with Gasteiger partial charge in [0.25, 0.3) is 0 Å². The summed E-state index contributed by atoms with van der Waals surface area (Å²) in [6.45, 7) is 6.06. The average Bonchev–Trinajstić information content (AvgIpc) is 3.12. The molecule has 2 fully saturated rings. The van der Waals surface area contributed by atoms with Crippen molar-refractivity contribution in [2.45, 2.75) is 76.9 Å². The number of aliphatic imine (C=N–C) groups is 1. The number of aromatic nitrogens is 1. The summed E-state index contributed by atoms with van der Waals surface area (Å²) in [4.78, 5) is 11.0. The van der Waals surface area contributed by atoms with E-state index in [0.717, 1.165) is 44.0 Å². The molecule has 1 aromatic heterocycles. The zero-order valence-electron chi connectivity index (χ0n) is 18.7. The van der Waals surface area contributed by atoms with Gasteiger partial charge in [0.1, 0.15) is 0 Å². The molecule has 2 unspecified atom stereocenters. The predicted octanol–water partition coefficient (Wildman–Crippen LogP) is 4.46. The second-order valence-electron chi connectivity index (χ2n) is 8.73. The number of fused-ring (bicyclic) bond motifs is 3. The van der Waals surface area contributed by atoms with Gasteiger partial charge in [-0.2, -0.15) is 0 Å². The summed E-state index contributed by atoms with van der Waals surface area (Å²) in [5.41, 5.74) is 4.04. The third-order valence-electron chi connectivity index (χ3n) is 6.94. The number of guanidine groups is 1. The number of piperidine rings is 2. The van der Waals surface area contributed by atoms with Gasteiger partial charge in [0.05, 0.1) is 0 Å². The molecule has 0 radical (unpaired) electrons. The van der Waals surface area contributed by atoms with Crippen LogP contribution in [0.5, 0.6) is 0 Å². The van der Waals surface area contributed by atoms with Gasteiger partial charge in [-0.25, -0.2) is 0 Å². The topological polar surface area (TPSA) is 55.5 Å². The van der Waals surface area contributed by atoms with Crippen molar-refractivity contribution in [2.75, 3.05) is 20.1 Å². The Bertz CT molecular complexity index is 831. The molecular weight excluding hydrogens is 485 g/mol. The van der Waals surface area contributed by atoms with E-state index in [1.54, 1.807) is 0 Å². The molecule has 5 nitrogen and oxygen atoms in total. The second kappa shape index (κ2) is 10.8. The Morgan fingerprint density at radius 2 is 1.93 bits per heavy atom. The maximum absolute atomic E-state index is 4.91. The summed E-state index contributed by atoms with van der Waals surface area (Å²) in [5.74, 6) is 0.981. The Morgan fingerprint density at radius 1 is 1.17 bits per heavy atom. The van der Waals surface area contributed by atoms with Crippen molar-refractivity contribution >= 4 is 40.8 Å². The van der Waals surface area contributed by atoms with Crippen LogP contribution in [0.25, 0.3) is 10.9 Å². The second-order valence-corrected chi connectivity index (χ2v) is 8.73. The highest BCUT2D eigenvalue weighted by atomic mass is 127. The fraction of sp³-hybridized carbons (Fsp3) is 0.625. The number of nitrogens with zero attached hydrogens (tertiary/aromatic N) is 2. The van der Waals surface area contributed by atoms with Gasteiger partial charge in [0, 0.05) is 48.3 Å². The summed E-state index contributed by atoms with van der Waals surface area (Å²) in [6.07, 6.45) is 10.7. The first kappa shape index (κ1) is 23.4. The molecule has 0 amide bonds. The van der Waals surface area contributed by atoms with Gasteiger partial charge in [0.15, 0.2) is 5.96 Å². The Balaban J connectivity index is 0.00000256. The molecular formula is C24H38IN5. The van der Waals surface area contributed by atoms with Crippen LogP contribution in [0.2, 0.25) is 0 Å². The first-order valence-electron chi connectivity index (χ1n) is 11.5. The van der Waals surface area contributed by atoms with Crippen molar-refractivity contribution in [1.82, 2.24) is 20.5 Å². The Morgan fingerprint density at radius 3 is 2.63 bits per heavy atom. The van der Waals surface area contributed by atoms with Crippen LogP contribution in [0, 0.1) is 0 Å². The van der Waals surface area contributed by atoms with Crippen molar-refractivity contribution < 1.29 is 0 Å². The fourth-order valence-electron chi connectivity index (χ4n) is 5.31. The molecule has 2 aromatic rings. The number of hydrogen-bond donors (Lipinski definition) is 3. The van der Waals surface area contributed by atoms with Crippen LogP contribution in [0.15, 0.2) is 29.4 Å². The molecule has 0 saturated carbocycles. The van der Waals surface area contributed by atoms with Gasteiger partial charge >= 0.3 is 0 Å². The quantitative estimate of drug-likeness (QED) is 0.298. The molecule has 6 heteroatoms. The highest BCUT2D eigenvalue weighted by Gasteiger charge is 2.36. The molecule has 30 heavy (non-hydrogen) atoms. The molecule has 2 aliphatic heterocycles. The van der Waals surface area contributed by atoms with Crippen LogP contribution in [-0.2, 0) is 12.8 Å². The molecule has 0 spiro atoms. The minimum absolute atomic E-state index is 0. The lowest BCUT2D eigenvalue weighted by atomic mass is 9.82. The van der Waals surface area contributed by atoms with Crippen molar-refractivity contribution in [3.05, 3.63) is 35.5 Å². The molecule has 1 aromatic carbocycles. The summed E-state index contributed by atoms with van der Waals surface area (Å²) < 4.78 is 0. The minimum atomic E-state index is 0. The van der Waals surface area contributed by atoms with Crippen LogP contribution in [0.1, 0.15) is 57.1 Å². The maximum atomic E-state index is 4.91. The number of rotatable bonds is 6. The lowest BCUT2D eigenvalue weighted by molar-refractivity contribution is 0.0526. The number of aryl methyl sites for hydroxylation is 1. The highest BCUT2D eigenvalue weighted by Crippen LogP contribution is 2.32. The third-order valence-corrected chi connectivity index (χ3v) is 6.94. The van der Waals surface area contributed by atoms with Crippen LogP contribution >= 0.6 is 24.0 Å². The van der Waals surface area contributed by atoms with E-state index in [4.69, 9.17) is 4.99 Å². The van der Waals surface area contributed by atoms with Crippen LogP contribution in [0.3, 0.4) is 0 Å². The zero-order chi connectivity index (χ0) is 20.2. The summed E-state index contributed by atoms with van der Waals surface area (Å²) >= 11 is 0.